The molecule has 8 nitrogen and oxygen atoms in total. The molecule has 4 aromatic rings. The molecule has 0 saturated heterocycles. The molecule has 0 unspecified atom stereocenters. The van der Waals surface area contributed by atoms with Gasteiger partial charge in [0.2, 0.25) is 5.90 Å². The molecule has 0 bridgehead atoms. The van der Waals surface area contributed by atoms with E-state index in [-0.39, 0.29) is 18.0 Å². The van der Waals surface area contributed by atoms with Crippen LogP contribution in [-0.4, -0.2) is 47.0 Å². The summed E-state index contributed by atoms with van der Waals surface area (Å²) in [5.41, 5.74) is 5.87. The number of rotatable bonds is 6. The van der Waals surface area contributed by atoms with Crippen molar-refractivity contribution < 1.29 is 19.4 Å². The number of aliphatic imine (C=N–C) groups is 1. The molecule has 0 aliphatic heterocycles. The van der Waals surface area contributed by atoms with Gasteiger partial charge >= 0.3 is 5.97 Å². The van der Waals surface area contributed by atoms with Gasteiger partial charge in [0.05, 0.1) is 12.7 Å². The molecule has 0 aliphatic carbocycles. The third-order valence-electron chi connectivity index (χ3n) is 5.55. The molecule has 172 valence electrons. The van der Waals surface area contributed by atoms with Crippen LogP contribution in [0.2, 0.25) is 0 Å². The number of pyridine rings is 1. The molecule has 2 aromatic carbocycles. The summed E-state index contributed by atoms with van der Waals surface area (Å²) in [6.07, 6.45) is 1.69. The first-order chi connectivity index (χ1) is 16.4. The maximum Gasteiger partial charge on any atom is 0.335 e. The molecular weight excluding hydrogens is 432 g/mol. The number of amides is 1. The number of carbonyl (C=O) groups excluding carboxylic acids is 1. The Labute approximate surface area is 196 Å². The molecule has 2 aromatic heterocycles. The third kappa shape index (κ3) is 4.66. The van der Waals surface area contributed by atoms with Crippen molar-refractivity contribution in [3.05, 3.63) is 88.9 Å². The van der Waals surface area contributed by atoms with Crippen molar-refractivity contribution in [2.75, 3.05) is 14.2 Å². The van der Waals surface area contributed by atoms with Crippen LogP contribution in [0.1, 0.15) is 37.7 Å². The van der Waals surface area contributed by atoms with E-state index in [2.05, 4.69) is 20.3 Å². The predicted molar refractivity (Wildman–Crippen MR) is 130 cm³/mol. The minimum atomic E-state index is -0.987. The predicted octanol–water partition coefficient (Wildman–Crippen LogP) is 4.19. The Hall–Kier alpha value is -4.46. The number of ether oxygens (including phenoxy) is 1. The van der Waals surface area contributed by atoms with Crippen molar-refractivity contribution in [2.45, 2.75) is 13.5 Å². The van der Waals surface area contributed by atoms with Crippen LogP contribution in [0.15, 0.2) is 65.8 Å². The van der Waals surface area contributed by atoms with E-state index in [1.165, 1.54) is 12.1 Å². The third-order valence-corrected chi connectivity index (χ3v) is 5.55. The SMILES string of the molecule is CN=C(OC)c1cc2cc(-c3cc(C(=O)NCc4ccc(C(=O)O)cc4)ncc3C)ccc2[nH]1. The molecule has 4 rings (SSSR count). The standard InChI is InChI=1S/C26H24N4O4/c1-15-13-28-22(24(31)29-14-16-4-6-17(7-5-16)26(32)33)12-20(15)18-8-9-21-19(10-18)11-23(30-21)25(27-2)34-3/h4-13,30H,14H2,1-3H3,(H,29,31)(H,32,33). The first kappa shape index (κ1) is 22.7. The lowest BCUT2D eigenvalue weighted by Crippen LogP contribution is -2.24. The second-order valence-electron chi connectivity index (χ2n) is 7.79. The highest BCUT2D eigenvalue weighted by Gasteiger charge is 2.13. The van der Waals surface area contributed by atoms with Gasteiger partial charge in [0.1, 0.15) is 11.4 Å². The van der Waals surface area contributed by atoms with Crippen LogP contribution in [0.25, 0.3) is 22.0 Å². The van der Waals surface area contributed by atoms with E-state index in [4.69, 9.17) is 9.84 Å². The Morgan fingerprint density at radius 3 is 2.56 bits per heavy atom. The smallest absolute Gasteiger partial charge is 0.335 e. The lowest BCUT2D eigenvalue weighted by Gasteiger charge is -2.10. The zero-order valence-corrected chi connectivity index (χ0v) is 19.0. The number of hydrogen-bond donors (Lipinski definition) is 3. The van der Waals surface area contributed by atoms with E-state index in [0.717, 1.165) is 38.9 Å². The van der Waals surface area contributed by atoms with Crippen molar-refractivity contribution in [1.29, 1.82) is 0 Å². The summed E-state index contributed by atoms with van der Waals surface area (Å²) in [5.74, 6) is -0.773. The zero-order valence-electron chi connectivity index (χ0n) is 19.0. The van der Waals surface area contributed by atoms with Crippen molar-refractivity contribution in [3.63, 3.8) is 0 Å². The first-order valence-electron chi connectivity index (χ1n) is 10.6. The summed E-state index contributed by atoms with van der Waals surface area (Å²) in [7, 11) is 3.25. The quantitative estimate of drug-likeness (QED) is 0.297. The van der Waals surface area contributed by atoms with Gasteiger partial charge in [-0.1, -0.05) is 18.2 Å². The van der Waals surface area contributed by atoms with Gasteiger partial charge in [-0.15, -0.1) is 0 Å². The van der Waals surface area contributed by atoms with Gasteiger partial charge in [-0.25, -0.2) is 4.79 Å². The number of carbonyl (C=O) groups is 2. The van der Waals surface area contributed by atoms with Crippen LogP contribution in [0, 0.1) is 6.92 Å². The molecule has 3 N–H and O–H groups in total. The number of nitrogens with zero attached hydrogens (tertiary/aromatic N) is 2. The highest BCUT2D eigenvalue weighted by Crippen LogP contribution is 2.28. The molecule has 0 aliphatic rings. The fraction of sp³-hybridized carbons (Fsp3) is 0.154. The number of aryl methyl sites for hydroxylation is 1. The van der Waals surface area contributed by atoms with Crippen molar-refractivity contribution in [3.8, 4) is 11.1 Å². The highest BCUT2D eigenvalue weighted by atomic mass is 16.5. The fourth-order valence-electron chi connectivity index (χ4n) is 3.73. The lowest BCUT2D eigenvalue weighted by molar-refractivity contribution is 0.0696. The molecule has 0 fully saturated rings. The Kier molecular flexibility index (Phi) is 6.40. The van der Waals surface area contributed by atoms with Crippen molar-refractivity contribution in [1.82, 2.24) is 15.3 Å². The van der Waals surface area contributed by atoms with Gasteiger partial charge in [-0.05, 0) is 65.6 Å². The van der Waals surface area contributed by atoms with Gasteiger partial charge in [-0.2, -0.15) is 0 Å². The van der Waals surface area contributed by atoms with E-state index in [1.807, 2.05) is 31.2 Å². The van der Waals surface area contributed by atoms with E-state index in [0.29, 0.717) is 11.6 Å². The monoisotopic (exact) mass is 456 g/mol. The number of aromatic nitrogens is 2. The number of H-pyrrole nitrogens is 1. The van der Waals surface area contributed by atoms with E-state index < -0.39 is 5.97 Å². The summed E-state index contributed by atoms with van der Waals surface area (Å²) in [6, 6.07) is 16.2. The second-order valence-corrected chi connectivity index (χ2v) is 7.79. The van der Waals surface area contributed by atoms with Gasteiger partial charge in [0.15, 0.2) is 0 Å². The summed E-state index contributed by atoms with van der Waals surface area (Å²) >= 11 is 0. The van der Waals surface area contributed by atoms with E-state index >= 15 is 0 Å². The number of nitrogens with one attached hydrogen (secondary N) is 2. The molecule has 0 saturated carbocycles. The molecule has 2 heterocycles. The number of hydrogen-bond acceptors (Lipinski definition) is 5. The second kappa shape index (κ2) is 9.58. The minimum absolute atomic E-state index is 0.201. The fourth-order valence-corrected chi connectivity index (χ4v) is 3.73. The number of fused-ring (bicyclic) bond motifs is 1. The number of aromatic carboxylic acids is 1. The summed E-state index contributed by atoms with van der Waals surface area (Å²) in [4.78, 5) is 35.5. The Bertz CT molecular complexity index is 1400. The maximum absolute atomic E-state index is 12.7. The molecule has 1 amide bonds. The largest absolute Gasteiger partial charge is 0.480 e. The molecule has 8 heteroatoms. The van der Waals surface area contributed by atoms with Crippen molar-refractivity contribution >= 4 is 28.7 Å². The van der Waals surface area contributed by atoms with Crippen molar-refractivity contribution in [2.24, 2.45) is 4.99 Å². The van der Waals surface area contributed by atoms with Gasteiger partial charge in [0, 0.05) is 30.7 Å². The Morgan fingerprint density at radius 1 is 1.12 bits per heavy atom. The molecule has 0 radical (unpaired) electrons. The van der Waals surface area contributed by atoms with Gasteiger partial charge in [0.25, 0.3) is 5.91 Å². The number of methoxy groups -OCH3 is 1. The Morgan fingerprint density at radius 2 is 1.88 bits per heavy atom. The summed E-state index contributed by atoms with van der Waals surface area (Å²) < 4.78 is 5.30. The Balaban J connectivity index is 1.56. The lowest BCUT2D eigenvalue weighted by atomic mass is 10.00. The molecule has 34 heavy (non-hydrogen) atoms. The zero-order chi connectivity index (χ0) is 24.2. The number of aromatic amines is 1. The van der Waals surface area contributed by atoms with Crippen LogP contribution in [-0.2, 0) is 11.3 Å². The summed E-state index contributed by atoms with van der Waals surface area (Å²) in [6.45, 7) is 2.22. The van der Waals surface area contributed by atoms with Crippen LogP contribution >= 0.6 is 0 Å². The maximum atomic E-state index is 12.7. The normalized spacial score (nSPS) is 11.4. The first-order valence-corrected chi connectivity index (χ1v) is 10.6. The molecule has 0 spiro atoms. The minimum Gasteiger partial charge on any atom is -0.480 e. The average Bonchev–Trinajstić information content (AvgIpc) is 3.27. The van der Waals surface area contributed by atoms with E-state index in [9.17, 15) is 9.59 Å². The molecule has 0 atom stereocenters. The summed E-state index contributed by atoms with van der Waals surface area (Å²) in [5, 5.41) is 12.8. The van der Waals surface area contributed by atoms with Crippen LogP contribution in [0.3, 0.4) is 0 Å². The van der Waals surface area contributed by atoms with E-state index in [1.54, 1.807) is 38.6 Å². The average molecular weight is 457 g/mol. The number of benzene rings is 2. The van der Waals surface area contributed by atoms with Crippen LogP contribution in [0.5, 0.6) is 0 Å². The van der Waals surface area contributed by atoms with Crippen LogP contribution < -0.4 is 5.32 Å². The topological polar surface area (TPSA) is 117 Å². The highest BCUT2D eigenvalue weighted by molar-refractivity contribution is 5.99. The van der Waals surface area contributed by atoms with Crippen LogP contribution in [0.4, 0.5) is 0 Å². The number of carboxylic acid groups (broad SMARTS) is 1. The molecular formula is C26H24N4O4. The van der Waals surface area contributed by atoms with Gasteiger partial charge < -0.3 is 20.1 Å². The van der Waals surface area contributed by atoms with Gasteiger partial charge in [-0.3, -0.25) is 14.8 Å². The number of carboxylic acids is 1.